The Kier molecular flexibility index (Phi) is 3.38. The molecule has 0 fully saturated rings. The number of rotatable bonds is 3. The van der Waals surface area contributed by atoms with Crippen molar-refractivity contribution in [2.75, 3.05) is 6.26 Å². The minimum Gasteiger partial charge on any atom is -0.129 e. The van der Waals surface area contributed by atoms with E-state index in [1.54, 1.807) is 11.8 Å². The van der Waals surface area contributed by atoms with Crippen LogP contribution in [-0.2, 0) is 0 Å². The molecule has 1 aromatic rings. The van der Waals surface area contributed by atoms with Gasteiger partial charge in [-0.1, -0.05) is 31.4 Å². The summed E-state index contributed by atoms with van der Waals surface area (Å²) in [5.74, 6) is 0. The number of aryl methyl sites for hydroxylation is 1. The molecule has 1 rings (SSSR count). The third kappa shape index (κ3) is 2.04. The molecule has 68 valence electrons. The molecule has 0 saturated heterocycles. The van der Waals surface area contributed by atoms with Crippen LogP contribution in [0, 0.1) is 6.92 Å². The Morgan fingerprint density at radius 3 is 2.15 bits per heavy atom. The number of benzene rings is 1. The number of hydrogen-bond donors (Lipinski definition) is 0. The lowest BCUT2D eigenvalue weighted by molar-refractivity contribution is 1.29. The van der Waals surface area contributed by atoms with Gasteiger partial charge in [-0.05, 0) is 35.9 Å². The van der Waals surface area contributed by atoms with E-state index in [9.17, 15) is 0 Å². The van der Waals surface area contributed by atoms with Crippen molar-refractivity contribution in [3.05, 3.63) is 42.0 Å². The highest BCUT2D eigenvalue weighted by Crippen LogP contribution is 2.25. The van der Waals surface area contributed by atoms with E-state index in [1.165, 1.54) is 10.5 Å². The molecule has 1 heteroatoms. The molecule has 0 atom stereocenters. The van der Waals surface area contributed by atoms with Crippen molar-refractivity contribution in [2.24, 2.45) is 0 Å². The molecule has 0 aliphatic heterocycles. The molecule has 0 amide bonds. The van der Waals surface area contributed by atoms with Gasteiger partial charge in [0.1, 0.15) is 0 Å². The molecule has 0 unspecified atom stereocenters. The molecule has 0 N–H and O–H groups in total. The normalized spacial score (nSPS) is 9.69. The Hall–Kier alpha value is -0.950. The van der Waals surface area contributed by atoms with Gasteiger partial charge < -0.3 is 0 Å². The summed E-state index contributed by atoms with van der Waals surface area (Å²) in [5.41, 5.74) is 3.61. The minimum absolute atomic E-state index is 1.16. The van der Waals surface area contributed by atoms with Crippen LogP contribution < -0.4 is 0 Å². The second-order valence-electron chi connectivity index (χ2n) is 2.86. The second-order valence-corrected chi connectivity index (χ2v) is 3.71. The lowest BCUT2D eigenvalue weighted by Crippen LogP contribution is -1.86. The molecular formula is C12H14S. The van der Waals surface area contributed by atoms with Crippen LogP contribution >= 0.6 is 11.8 Å². The fraction of sp³-hybridized carbons (Fsp3) is 0.167. The van der Waals surface area contributed by atoms with Crippen LogP contribution in [0.15, 0.2) is 30.2 Å². The van der Waals surface area contributed by atoms with Crippen LogP contribution in [0.2, 0.25) is 0 Å². The zero-order chi connectivity index (χ0) is 9.84. The SMILES string of the molecule is C=Cc1cc(C)c(SC)cc1C=C. The fourth-order valence-electron chi connectivity index (χ4n) is 1.30. The molecule has 0 aliphatic carbocycles. The molecule has 0 nitrogen and oxygen atoms in total. The van der Waals surface area contributed by atoms with Crippen LogP contribution in [0.3, 0.4) is 0 Å². The van der Waals surface area contributed by atoms with Crippen molar-refractivity contribution in [3.8, 4) is 0 Å². The van der Waals surface area contributed by atoms with E-state index in [0.717, 1.165) is 11.1 Å². The van der Waals surface area contributed by atoms with E-state index in [1.807, 2.05) is 12.2 Å². The standard InChI is InChI=1S/C12H14S/c1-5-10-7-9(3)12(13-4)8-11(10)6-2/h5-8H,1-2H2,3-4H3. The van der Waals surface area contributed by atoms with Crippen LogP contribution in [0.5, 0.6) is 0 Å². The van der Waals surface area contributed by atoms with Gasteiger partial charge >= 0.3 is 0 Å². The Morgan fingerprint density at radius 2 is 1.69 bits per heavy atom. The summed E-state index contributed by atoms with van der Waals surface area (Å²) in [4.78, 5) is 1.31. The first-order valence-electron chi connectivity index (χ1n) is 4.16. The molecule has 0 bridgehead atoms. The van der Waals surface area contributed by atoms with E-state index in [0.29, 0.717) is 0 Å². The number of hydrogen-bond acceptors (Lipinski definition) is 1. The van der Waals surface area contributed by atoms with Crippen LogP contribution in [0.25, 0.3) is 12.2 Å². The Morgan fingerprint density at radius 1 is 1.15 bits per heavy atom. The van der Waals surface area contributed by atoms with E-state index in [-0.39, 0.29) is 0 Å². The van der Waals surface area contributed by atoms with Crippen molar-refractivity contribution in [1.29, 1.82) is 0 Å². The molecule has 1 aromatic carbocycles. The van der Waals surface area contributed by atoms with Gasteiger partial charge in [0, 0.05) is 4.90 Å². The van der Waals surface area contributed by atoms with Crippen molar-refractivity contribution in [3.63, 3.8) is 0 Å². The van der Waals surface area contributed by atoms with Gasteiger partial charge in [-0.3, -0.25) is 0 Å². The lowest BCUT2D eigenvalue weighted by Gasteiger charge is -2.07. The zero-order valence-electron chi connectivity index (χ0n) is 8.13. The Balaban J connectivity index is 3.34. The van der Waals surface area contributed by atoms with Gasteiger partial charge in [0.05, 0.1) is 0 Å². The third-order valence-electron chi connectivity index (χ3n) is 2.04. The first-order chi connectivity index (χ1) is 6.22. The first kappa shape index (κ1) is 10.1. The molecule has 13 heavy (non-hydrogen) atoms. The molecule has 0 radical (unpaired) electrons. The second kappa shape index (κ2) is 4.33. The Labute approximate surface area is 84.4 Å². The maximum absolute atomic E-state index is 3.79. The summed E-state index contributed by atoms with van der Waals surface area (Å²) in [6.45, 7) is 9.69. The van der Waals surface area contributed by atoms with Gasteiger partial charge in [-0.25, -0.2) is 0 Å². The summed E-state index contributed by atoms with van der Waals surface area (Å²) in [7, 11) is 0. The molecular weight excluding hydrogens is 176 g/mol. The highest BCUT2D eigenvalue weighted by molar-refractivity contribution is 7.98. The third-order valence-corrected chi connectivity index (χ3v) is 2.92. The van der Waals surface area contributed by atoms with Crippen LogP contribution in [-0.4, -0.2) is 6.26 Å². The molecule has 0 spiro atoms. The average Bonchev–Trinajstić information content (AvgIpc) is 2.17. The van der Waals surface area contributed by atoms with E-state index in [2.05, 4.69) is 38.5 Å². The van der Waals surface area contributed by atoms with Gasteiger partial charge in [0.2, 0.25) is 0 Å². The maximum atomic E-state index is 3.79. The molecule has 0 heterocycles. The van der Waals surface area contributed by atoms with Crippen molar-refractivity contribution in [2.45, 2.75) is 11.8 Å². The van der Waals surface area contributed by atoms with E-state index in [4.69, 9.17) is 0 Å². The highest BCUT2D eigenvalue weighted by atomic mass is 32.2. The average molecular weight is 190 g/mol. The summed E-state index contributed by atoms with van der Waals surface area (Å²) in [5, 5.41) is 0. The summed E-state index contributed by atoms with van der Waals surface area (Å²) < 4.78 is 0. The first-order valence-corrected chi connectivity index (χ1v) is 5.39. The lowest BCUT2D eigenvalue weighted by atomic mass is 10.0. The largest absolute Gasteiger partial charge is 0.129 e. The molecule has 0 saturated carbocycles. The zero-order valence-corrected chi connectivity index (χ0v) is 8.95. The van der Waals surface area contributed by atoms with Gasteiger partial charge in [-0.2, -0.15) is 0 Å². The predicted octanol–water partition coefficient (Wildman–Crippen LogP) is 4.00. The molecule has 0 aliphatic rings. The van der Waals surface area contributed by atoms with Crippen molar-refractivity contribution in [1.82, 2.24) is 0 Å². The summed E-state index contributed by atoms with van der Waals surface area (Å²) in [6.07, 6.45) is 5.83. The topological polar surface area (TPSA) is 0 Å². The minimum atomic E-state index is 1.16. The highest BCUT2D eigenvalue weighted by Gasteiger charge is 2.01. The summed E-state index contributed by atoms with van der Waals surface area (Å²) >= 11 is 1.76. The van der Waals surface area contributed by atoms with Crippen molar-refractivity contribution < 1.29 is 0 Å². The summed E-state index contributed by atoms with van der Waals surface area (Å²) in [6, 6.07) is 4.31. The predicted molar refractivity (Wildman–Crippen MR) is 63.1 cm³/mol. The van der Waals surface area contributed by atoms with Crippen LogP contribution in [0.4, 0.5) is 0 Å². The Bertz CT molecular complexity index is 337. The van der Waals surface area contributed by atoms with Gasteiger partial charge in [-0.15, -0.1) is 11.8 Å². The smallest absolute Gasteiger partial charge is 0.0105 e. The monoisotopic (exact) mass is 190 g/mol. The fourth-order valence-corrected chi connectivity index (χ4v) is 1.93. The van der Waals surface area contributed by atoms with E-state index < -0.39 is 0 Å². The van der Waals surface area contributed by atoms with Gasteiger partial charge in [0.25, 0.3) is 0 Å². The van der Waals surface area contributed by atoms with Crippen molar-refractivity contribution >= 4 is 23.9 Å². The molecule has 0 aromatic heterocycles. The maximum Gasteiger partial charge on any atom is 0.0105 e. The quantitative estimate of drug-likeness (QED) is 0.649. The van der Waals surface area contributed by atoms with Crippen LogP contribution in [0.1, 0.15) is 16.7 Å². The van der Waals surface area contributed by atoms with E-state index >= 15 is 0 Å². The van der Waals surface area contributed by atoms with Gasteiger partial charge in [0.15, 0.2) is 0 Å². The number of thioether (sulfide) groups is 1.